The molecule has 4 rings (SSSR count). The highest BCUT2D eigenvalue weighted by molar-refractivity contribution is 5.93. The van der Waals surface area contributed by atoms with Crippen molar-refractivity contribution in [3.05, 3.63) is 69.9 Å². The number of aromatic nitrogens is 1. The highest BCUT2D eigenvalue weighted by Crippen LogP contribution is 2.33. The van der Waals surface area contributed by atoms with Crippen LogP contribution in [-0.4, -0.2) is 40.3 Å². The summed E-state index contributed by atoms with van der Waals surface area (Å²) in [6.07, 6.45) is 4.12. The topological polar surface area (TPSA) is 91.3 Å². The van der Waals surface area contributed by atoms with E-state index in [1.807, 2.05) is 6.07 Å². The highest BCUT2D eigenvalue weighted by atomic mass is 16.6. The molecule has 1 fully saturated rings. The normalized spacial score (nSPS) is 15.5. The summed E-state index contributed by atoms with van der Waals surface area (Å²) in [4.78, 5) is 28.6. The van der Waals surface area contributed by atoms with E-state index in [9.17, 15) is 14.9 Å². The van der Waals surface area contributed by atoms with Crippen molar-refractivity contribution in [1.29, 1.82) is 0 Å². The van der Waals surface area contributed by atoms with E-state index >= 15 is 0 Å². The number of H-pyrrole nitrogens is 1. The number of piperidine rings is 1. The summed E-state index contributed by atoms with van der Waals surface area (Å²) in [5, 5.41) is 15.2. The molecule has 0 bridgehead atoms. The largest absolute Gasteiger partial charge is 0.361 e. The van der Waals surface area contributed by atoms with Crippen LogP contribution in [0.5, 0.6) is 0 Å². The number of hydrogen-bond donors (Lipinski definition) is 2. The lowest BCUT2D eigenvalue weighted by atomic mass is 9.89. The number of nitro groups is 1. The first kappa shape index (κ1) is 19.1. The number of nitrogens with zero attached hydrogens (tertiary/aromatic N) is 2. The molecule has 0 saturated carbocycles. The van der Waals surface area contributed by atoms with E-state index in [0.717, 1.165) is 31.4 Å². The van der Waals surface area contributed by atoms with E-state index < -0.39 is 4.92 Å². The molecule has 29 heavy (non-hydrogen) atoms. The number of fused-ring (bicyclic) bond motifs is 1. The van der Waals surface area contributed by atoms with Gasteiger partial charge in [0.2, 0.25) is 5.91 Å². The fraction of sp³-hybridized carbons (Fsp3) is 0.318. The van der Waals surface area contributed by atoms with E-state index in [0.29, 0.717) is 23.7 Å². The van der Waals surface area contributed by atoms with Crippen LogP contribution in [0.3, 0.4) is 0 Å². The first-order valence-electron chi connectivity index (χ1n) is 9.85. The van der Waals surface area contributed by atoms with Crippen LogP contribution >= 0.6 is 0 Å². The standard InChI is InChI=1S/C22H24N4O3/c1-15-19(7-4-8-21(15)26(28)29)24-22(27)14-25-11-9-16(10-12-25)18-13-23-20-6-3-2-5-17(18)20/h2-8,13,16,23H,9-12,14H2,1H3,(H,24,27). The Bertz CT molecular complexity index is 1050. The van der Waals surface area contributed by atoms with Gasteiger partial charge in [-0.15, -0.1) is 0 Å². The number of anilines is 1. The maximum absolute atomic E-state index is 12.5. The molecule has 7 nitrogen and oxygen atoms in total. The van der Waals surface area contributed by atoms with Gasteiger partial charge >= 0.3 is 0 Å². The number of likely N-dealkylation sites (tertiary alicyclic amines) is 1. The number of amides is 1. The number of nitro benzene ring substituents is 1. The van der Waals surface area contributed by atoms with Gasteiger partial charge in [-0.3, -0.25) is 19.8 Å². The fourth-order valence-corrected chi connectivity index (χ4v) is 4.18. The highest BCUT2D eigenvalue weighted by Gasteiger charge is 2.24. The van der Waals surface area contributed by atoms with Gasteiger partial charge in [-0.25, -0.2) is 0 Å². The third-order valence-electron chi connectivity index (χ3n) is 5.79. The van der Waals surface area contributed by atoms with Gasteiger partial charge in [-0.1, -0.05) is 24.3 Å². The molecule has 1 aliphatic heterocycles. The average molecular weight is 392 g/mol. The van der Waals surface area contributed by atoms with E-state index in [4.69, 9.17) is 0 Å². The second kappa shape index (κ2) is 8.05. The number of aromatic amines is 1. The minimum Gasteiger partial charge on any atom is -0.361 e. The quantitative estimate of drug-likeness (QED) is 0.503. The van der Waals surface area contributed by atoms with Crippen molar-refractivity contribution in [3.63, 3.8) is 0 Å². The maximum atomic E-state index is 12.5. The van der Waals surface area contributed by atoms with Crippen molar-refractivity contribution in [2.24, 2.45) is 0 Å². The first-order valence-corrected chi connectivity index (χ1v) is 9.85. The summed E-state index contributed by atoms with van der Waals surface area (Å²) >= 11 is 0. The molecule has 3 aromatic rings. The van der Waals surface area contributed by atoms with Gasteiger partial charge in [0.15, 0.2) is 0 Å². The molecule has 2 aromatic carbocycles. The molecule has 1 saturated heterocycles. The Morgan fingerprint density at radius 2 is 1.97 bits per heavy atom. The van der Waals surface area contributed by atoms with Crippen molar-refractivity contribution >= 4 is 28.2 Å². The number of carbonyl (C=O) groups is 1. The smallest absolute Gasteiger partial charge is 0.274 e. The molecular formula is C22H24N4O3. The van der Waals surface area contributed by atoms with E-state index in [1.165, 1.54) is 17.0 Å². The summed E-state index contributed by atoms with van der Waals surface area (Å²) in [5.41, 5.74) is 3.51. The summed E-state index contributed by atoms with van der Waals surface area (Å²) in [7, 11) is 0. The number of hydrogen-bond acceptors (Lipinski definition) is 4. The SMILES string of the molecule is Cc1c(NC(=O)CN2CCC(c3c[nH]c4ccccc34)CC2)cccc1[N+](=O)[O-]. The van der Waals surface area contributed by atoms with Crippen molar-refractivity contribution in [2.45, 2.75) is 25.7 Å². The number of para-hydroxylation sites is 1. The predicted octanol–water partition coefficient (Wildman–Crippen LogP) is 4.20. The maximum Gasteiger partial charge on any atom is 0.274 e. The summed E-state index contributed by atoms with van der Waals surface area (Å²) in [5.74, 6) is 0.351. The molecule has 7 heteroatoms. The molecular weight excluding hydrogens is 368 g/mol. The van der Waals surface area contributed by atoms with E-state index in [2.05, 4.69) is 39.6 Å². The van der Waals surface area contributed by atoms with Gasteiger partial charge in [0.25, 0.3) is 5.69 Å². The monoisotopic (exact) mass is 392 g/mol. The predicted molar refractivity (Wildman–Crippen MR) is 113 cm³/mol. The zero-order chi connectivity index (χ0) is 20.4. The Hall–Kier alpha value is -3.19. The number of benzene rings is 2. The molecule has 1 amide bonds. The molecule has 0 radical (unpaired) electrons. The van der Waals surface area contributed by atoms with Gasteiger partial charge in [0.05, 0.1) is 22.7 Å². The van der Waals surface area contributed by atoms with Crippen LogP contribution in [-0.2, 0) is 4.79 Å². The number of carbonyl (C=O) groups excluding carboxylic acids is 1. The fourth-order valence-electron chi connectivity index (χ4n) is 4.18. The van der Waals surface area contributed by atoms with Crippen LogP contribution in [0, 0.1) is 17.0 Å². The molecule has 2 N–H and O–H groups in total. The second-order valence-electron chi connectivity index (χ2n) is 7.60. The zero-order valence-electron chi connectivity index (χ0n) is 16.4. The minimum atomic E-state index is -0.430. The van der Waals surface area contributed by atoms with Crippen LogP contribution in [0.1, 0.15) is 29.9 Å². The van der Waals surface area contributed by atoms with Crippen LogP contribution in [0.2, 0.25) is 0 Å². The third-order valence-corrected chi connectivity index (χ3v) is 5.79. The van der Waals surface area contributed by atoms with Crippen LogP contribution in [0.4, 0.5) is 11.4 Å². The summed E-state index contributed by atoms with van der Waals surface area (Å²) in [6, 6.07) is 13.1. The molecule has 1 aliphatic rings. The van der Waals surface area contributed by atoms with Crippen LogP contribution in [0.15, 0.2) is 48.7 Å². The average Bonchev–Trinajstić information content (AvgIpc) is 3.14. The van der Waals surface area contributed by atoms with Gasteiger partial charge in [0.1, 0.15) is 0 Å². The molecule has 150 valence electrons. The molecule has 0 unspecified atom stereocenters. The third kappa shape index (κ3) is 4.00. The lowest BCUT2D eigenvalue weighted by molar-refractivity contribution is -0.385. The Balaban J connectivity index is 1.35. The molecule has 2 heterocycles. The van der Waals surface area contributed by atoms with Crippen molar-refractivity contribution in [3.8, 4) is 0 Å². The lowest BCUT2D eigenvalue weighted by Crippen LogP contribution is -2.38. The van der Waals surface area contributed by atoms with E-state index in [-0.39, 0.29) is 11.6 Å². The van der Waals surface area contributed by atoms with Gasteiger partial charge < -0.3 is 10.3 Å². The summed E-state index contributed by atoms with van der Waals surface area (Å²) in [6.45, 7) is 3.65. The zero-order valence-corrected chi connectivity index (χ0v) is 16.4. The lowest BCUT2D eigenvalue weighted by Gasteiger charge is -2.31. The first-order chi connectivity index (χ1) is 14.0. The van der Waals surface area contributed by atoms with Crippen molar-refractivity contribution < 1.29 is 9.72 Å². The van der Waals surface area contributed by atoms with Crippen LogP contribution < -0.4 is 5.32 Å². The molecule has 1 aromatic heterocycles. The van der Waals surface area contributed by atoms with Gasteiger partial charge in [0, 0.05) is 23.2 Å². The van der Waals surface area contributed by atoms with Gasteiger partial charge in [-0.2, -0.15) is 0 Å². The number of nitrogens with one attached hydrogen (secondary N) is 2. The Labute approximate surface area is 168 Å². The van der Waals surface area contributed by atoms with E-state index in [1.54, 1.807) is 19.1 Å². The molecule has 0 aliphatic carbocycles. The number of rotatable bonds is 5. The van der Waals surface area contributed by atoms with Gasteiger partial charge in [-0.05, 0) is 56.5 Å². The second-order valence-corrected chi connectivity index (χ2v) is 7.60. The Morgan fingerprint density at radius 1 is 1.21 bits per heavy atom. The molecule has 0 atom stereocenters. The van der Waals surface area contributed by atoms with Crippen LogP contribution in [0.25, 0.3) is 10.9 Å². The minimum absolute atomic E-state index is 0.0161. The molecule has 0 spiro atoms. The Morgan fingerprint density at radius 3 is 2.72 bits per heavy atom. The van der Waals surface area contributed by atoms with Crippen molar-refractivity contribution in [2.75, 3.05) is 25.0 Å². The Kier molecular flexibility index (Phi) is 5.31. The summed E-state index contributed by atoms with van der Waals surface area (Å²) < 4.78 is 0. The van der Waals surface area contributed by atoms with Crippen molar-refractivity contribution in [1.82, 2.24) is 9.88 Å².